The van der Waals surface area contributed by atoms with E-state index in [0.29, 0.717) is 0 Å². The normalized spacial score (nSPS) is 17.5. The van der Waals surface area contributed by atoms with Crippen molar-refractivity contribution in [3.8, 4) is 11.5 Å². The van der Waals surface area contributed by atoms with Crippen LogP contribution in [0.15, 0.2) is 71.8 Å². The van der Waals surface area contributed by atoms with E-state index in [0.717, 1.165) is 28.4 Å². The Labute approximate surface area is 186 Å². The molecule has 31 heavy (non-hydrogen) atoms. The lowest BCUT2D eigenvalue weighted by Gasteiger charge is -2.19. The maximum absolute atomic E-state index is 5.74. The standard InChI is InChI=1S/C26H30O4P/c1-18-13-14-19(2)26(15-18)31(16-20-22(27-3)9-7-10-23(20)28-4)17-21-24(29-5)11-8-12-25(21)30-6/h7-17,22H,1-6H3/q+1. The van der Waals surface area contributed by atoms with Crippen LogP contribution in [0.25, 0.3) is 0 Å². The molecular formula is C26H30O4P+. The topological polar surface area (TPSA) is 36.9 Å². The molecule has 0 heterocycles. The summed E-state index contributed by atoms with van der Waals surface area (Å²) in [6.45, 7) is 4.27. The van der Waals surface area contributed by atoms with Crippen LogP contribution in [-0.4, -0.2) is 40.3 Å². The molecule has 0 saturated heterocycles. The molecule has 2 unspecified atom stereocenters. The molecule has 0 saturated carbocycles. The molecule has 2 atom stereocenters. The number of rotatable bonds is 7. The van der Waals surface area contributed by atoms with Gasteiger partial charge in [-0.1, -0.05) is 30.4 Å². The first-order valence-electron chi connectivity index (χ1n) is 10.1. The second kappa shape index (κ2) is 10.5. The number of aryl methyl sites for hydroxylation is 2. The largest absolute Gasteiger partial charge is 0.496 e. The summed E-state index contributed by atoms with van der Waals surface area (Å²) in [5.74, 6) is 6.90. The summed E-state index contributed by atoms with van der Waals surface area (Å²) in [6.07, 6.45) is 5.82. The number of ether oxygens (including phenoxy) is 4. The molecule has 0 N–H and O–H groups in total. The zero-order chi connectivity index (χ0) is 22.4. The molecule has 4 nitrogen and oxygen atoms in total. The van der Waals surface area contributed by atoms with Gasteiger partial charge in [0.25, 0.3) is 0 Å². The summed E-state index contributed by atoms with van der Waals surface area (Å²) in [6, 6.07) is 12.4. The number of allylic oxidation sites excluding steroid dienone is 2. The average molecular weight is 437 g/mol. The van der Waals surface area contributed by atoms with E-state index in [1.165, 1.54) is 16.4 Å². The van der Waals surface area contributed by atoms with Crippen LogP contribution in [0.4, 0.5) is 0 Å². The van der Waals surface area contributed by atoms with Gasteiger partial charge >= 0.3 is 0 Å². The average Bonchev–Trinajstić information content (AvgIpc) is 2.80. The first kappa shape index (κ1) is 22.9. The summed E-state index contributed by atoms with van der Waals surface area (Å²) >= 11 is 0. The van der Waals surface area contributed by atoms with Gasteiger partial charge in [0.1, 0.15) is 40.5 Å². The van der Waals surface area contributed by atoms with Crippen LogP contribution in [0.5, 0.6) is 11.5 Å². The van der Waals surface area contributed by atoms with Crippen molar-refractivity contribution in [3.05, 3.63) is 88.5 Å². The molecule has 0 amide bonds. The summed E-state index contributed by atoms with van der Waals surface area (Å²) in [5, 5.41) is 1.27. The minimum Gasteiger partial charge on any atom is -0.496 e. The van der Waals surface area contributed by atoms with Crippen molar-refractivity contribution < 1.29 is 18.9 Å². The van der Waals surface area contributed by atoms with Gasteiger partial charge in [-0.15, -0.1) is 0 Å². The number of hydrogen-bond donors (Lipinski definition) is 0. The van der Waals surface area contributed by atoms with Gasteiger partial charge in [0, 0.05) is 7.11 Å². The molecule has 0 spiro atoms. The summed E-state index contributed by atoms with van der Waals surface area (Å²) < 4.78 is 22.7. The predicted molar refractivity (Wildman–Crippen MR) is 130 cm³/mol. The van der Waals surface area contributed by atoms with Gasteiger partial charge in [0.15, 0.2) is 12.8 Å². The van der Waals surface area contributed by atoms with Gasteiger partial charge < -0.3 is 18.9 Å². The second-order valence-electron chi connectivity index (χ2n) is 7.26. The van der Waals surface area contributed by atoms with E-state index in [9.17, 15) is 0 Å². The Morgan fingerprint density at radius 3 is 2.23 bits per heavy atom. The number of methoxy groups -OCH3 is 4. The van der Waals surface area contributed by atoms with Crippen LogP contribution < -0.4 is 14.8 Å². The zero-order valence-corrected chi connectivity index (χ0v) is 19.9. The molecule has 0 radical (unpaired) electrons. The van der Waals surface area contributed by atoms with Crippen molar-refractivity contribution in [2.45, 2.75) is 20.0 Å². The highest BCUT2D eigenvalue weighted by molar-refractivity contribution is 7.68. The van der Waals surface area contributed by atoms with E-state index < -0.39 is 7.55 Å². The minimum atomic E-state index is -0.882. The van der Waals surface area contributed by atoms with Gasteiger partial charge in [-0.2, -0.15) is 0 Å². The summed E-state index contributed by atoms with van der Waals surface area (Å²) in [5.41, 5.74) is 4.42. The van der Waals surface area contributed by atoms with E-state index in [4.69, 9.17) is 18.9 Å². The highest BCUT2D eigenvalue weighted by atomic mass is 31.1. The third-order valence-corrected chi connectivity index (χ3v) is 7.38. The van der Waals surface area contributed by atoms with Gasteiger partial charge in [-0.05, 0) is 49.2 Å². The molecule has 3 rings (SSSR count). The molecule has 2 aromatic carbocycles. The van der Waals surface area contributed by atoms with E-state index >= 15 is 0 Å². The summed E-state index contributed by atoms with van der Waals surface area (Å²) in [7, 11) is 5.90. The molecule has 5 heteroatoms. The second-order valence-corrected chi connectivity index (χ2v) is 9.08. The molecule has 0 aliphatic heterocycles. The smallest absolute Gasteiger partial charge is 0.164 e. The lowest BCUT2D eigenvalue weighted by molar-refractivity contribution is 0.158. The quantitative estimate of drug-likeness (QED) is 0.553. The maximum Gasteiger partial charge on any atom is 0.164 e. The number of hydrogen-bond acceptors (Lipinski definition) is 4. The molecule has 1 aliphatic rings. The Hall–Kier alpha value is -2.81. The first-order chi connectivity index (χ1) is 15.0. The third-order valence-electron chi connectivity index (χ3n) is 5.25. The molecule has 0 fully saturated rings. The van der Waals surface area contributed by atoms with Crippen molar-refractivity contribution in [2.24, 2.45) is 0 Å². The Kier molecular flexibility index (Phi) is 7.73. The SMILES string of the molecule is COC1=CC=CC(OC)C1=C[P+](=Cc1c(OC)cccc1OC)c1cc(C)ccc1C. The van der Waals surface area contributed by atoms with E-state index in [1.54, 1.807) is 28.4 Å². The van der Waals surface area contributed by atoms with Gasteiger partial charge in [0.2, 0.25) is 0 Å². The third kappa shape index (κ3) is 5.10. The van der Waals surface area contributed by atoms with Gasteiger partial charge in [0.05, 0.1) is 26.9 Å². The molecule has 0 aromatic heterocycles. The van der Waals surface area contributed by atoms with Crippen LogP contribution in [0.3, 0.4) is 0 Å². The molecular weight excluding hydrogens is 407 g/mol. The Morgan fingerprint density at radius 1 is 0.903 bits per heavy atom. The maximum atomic E-state index is 5.74. The Balaban J connectivity index is 2.30. The predicted octanol–water partition coefficient (Wildman–Crippen LogP) is 5.28. The van der Waals surface area contributed by atoms with Crippen molar-refractivity contribution >= 4 is 18.6 Å². The lowest BCUT2D eigenvalue weighted by Crippen LogP contribution is -2.16. The fourth-order valence-corrected chi connectivity index (χ4v) is 5.88. The van der Waals surface area contributed by atoms with Crippen LogP contribution in [0.1, 0.15) is 16.7 Å². The van der Waals surface area contributed by atoms with Crippen LogP contribution in [-0.2, 0) is 9.47 Å². The van der Waals surface area contributed by atoms with Crippen molar-refractivity contribution in [3.63, 3.8) is 0 Å². The van der Waals surface area contributed by atoms with Crippen molar-refractivity contribution in [1.29, 1.82) is 0 Å². The summed E-state index contributed by atoms with van der Waals surface area (Å²) in [4.78, 5) is 0. The lowest BCUT2D eigenvalue weighted by atomic mass is 10.0. The van der Waals surface area contributed by atoms with Gasteiger partial charge in [-0.3, -0.25) is 0 Å². The van der Waals surface area contributed by atoms with E-state index in [2.05, 4.69) is 43.7 Å². The van der Waals surface area contributed by atoms with Crippen molar-refractivity contribution in [2.75, 3.05) is 28.4 Å². The van der Waals surface area contributed by atoms with Crippen molar-refractivity contribution in [1.82, 2.24) is 0 Å². The Morgan fingerprint density at radius 2 is 1.61 bits per heavy atom. The van der Waals surface area contributed by atoms with Crippen LogP contribution in [0, 0.1) is 13.8 Å². The minimum absolute atomic E-state index is 0.164. The monoisotopic (exact) mass is 437 g/mol. The highest BCUT2D eigenvalue weighted by Gasteiger charge is 2.26. The van der Waals surface area contributed by atoms with Crippen LogP contribution in [0.2, 0.25) is 0 Å². The first-order valence-corrected chi connectivity index (χ1v) is 11.6. The molecule has 1 aliphatic carbocycles. The van der Waals surface area contributed by atoms with Crippen LogP contribution >= 0.6 is 7.55 Å². The van der Waals surface area contributed by atoms with E-state index in [1.807, 2.05) is 36.4 Å². The number of benzene rings is 2. The van der Waals surface area contributed by atoms with Gasteiger partial charge in [-0.25, -0.2) is 0 Å². The Bertz CT molecular complexity index is 1040. The molecule has 162 valence electrons. The fraction of sp³-hybridized carbons (Fsp3) is 0.269. The molecule has 0 bridgehead atoms. The highest BCUT2D eigenvalue weighted by Crippen LogP contribution is 2.37. The fourth-order valence-electron chi connectivity index (χ4n) is 3.58. The van der Waals surface area contributed by atoms with E-state index in [-0.39, 0.29) is 6.10 Å². The molecule has 2 aromatic rings. The zero-order valence-electron chi connectivity index (χ0n) is 19.0.